The van der Waals surface area contributed by atoms with Crippen LogP contribution >= 0.6 is 0 Å². The fourth-order valence-corrected chi connectivity index (χ4v) is 5.31. The largest absolute Gasteiger partial charge is 0.457 e. The summed E-state index contributed by atoms with van der Waals surface area (Å²) in [4.78, 5) is 60.0. The number of pyridine rings is 2. The van der Waals surface area contributed by atoms with E-state index in [1.54, 1.807) is 35.8 Å². The molecule has 0 spiro atoms. The van der Waals surface area contributed by atoms with Crippen LogP contribution in [0.3, 0.4) is 0 Å². The molecule has 0 fully saturated rings. The van der Waals surface area contributed by atoms with Gasteiger partial charge in [-0.05, 0) is 42.3 Å². The van der Waals surface area contributed by atoms with Crippen molar-refractivity contribution in [3.63, 3.8) is 0 Å². The summed E-state index contributed by atoms with van der Waals surface area (Å²) >= 11 is 0. The fourth-order valence-electron chi connectivity index (χ4n) is 5.31. The fraction of sp³-hybridized carbons (Fsp3) is 0.200. The van der Waals surface area contributed by atoms with Gasteiger partial charge in [-0.3, -0.25) is 9.59 Å². The van der Waals surface area contributed by atoms with Crippen LogP contribution in [0.25, 0.3) is 27.1 Å². The van der Waals surface area contributed by atoms with Crippen LogP contribution in [0.1, 0.15) is 47.3 Å². The minimum atomic E-state index is -1.88. The highest BCUT2D eigenvalue weighted by molar-refractivity contribution is 5.96. The molecule has 198 valence electrons. The van der Waals surface area contributed by atoms with Gasteiger partial charge < -0.3 is 18.8 Å². The standard InChI is InChI=1S/C30H21N3O7/c1-4-30(40-28(36)17-7-5-8-19(11-17)39-16(2)34)22-13-25-26-18(12-20-23(31-3)9-6-10-24(20)32-26)14-33(25)27(35)21(22)15-38-29(30)37/h5-13H,4,14-15H2,1-2H3/t30-/m0/s1. The molecule has 0 bridgehead atoms. The first kappa shape index (κ1) is 25.0. The van der Waals surface area contributed by atoms with Gasteiger partial charge in [-0.2, -0.15) is 0 Å². The summed E-state index contributed by atoms with van der Waals surface area (Å²) in [5, 5.41) is 0.688. The lowest BCUT2D eigenvalue weighted by Gasteiger charge is -2.35. The number of esters is 3. The Morgan fingerprint density at radius 1 is 1.15 bits per heavy atom. The third-order valence-corrected chi connectivity index (χ3v) is 7.22. The molecule has 40 heavy (non-hydrogen) atoms. The van der Waals surface area contributed by atoms with Gasteiger partial charge in [-0.25, -0.2) is 19.4 Å². The first-order valence-corrected chi connectivity index (χ1v) is 12.5. The molecule has 4 aromatic rings. The van der Waals surface area contributed by atoms with Gasteiger partial charge in [-0.15, -0.1) is 0 Å². The van der Waals surface area contributed by atoms with Crippen molar-refractivity contribution in [1.29, 1.82) is 0 Å². The normalized spacial score (nSPS) is 16.8. The Hall–Kier alpha value is -5.30. The highest BCUT2D eigenvalue weighted by Gasteiger charge is 2.50. The molecule has 4 heterocycles. The zero-order valence-electron chi connectivity index (χ0n) is 21.5. The summed E-state index contributed by atoms with van der Waals surface area (Å²) in [7, 11) is 0. The summed E-state index contributed by atoms with van der Waals surface area (Å²) in [6.45, 7) is 10.4. The van der Waals surface area contributed by atoms with E-state index in [2.05, 4.69) is 4.85 Å². The Balaban J connectivity index is 1.48. The summed E-state index contributed by atoms with van der Waals surface area (Å²) in [6.07, 6.45) is 0.00345. The number of fused-ring (bicyclic) bond motifs is 5. The zero-order chi connectivity index (χ0) is 28.2. The van der Waals surface area contributed by atoms with Crippen molar-refractivity contribution >= 4 is 34.5 Å². The third-order valence-electron chi connectivity index (χ3n) is 7.22. The van der Waals surface area contributed by atoms with Gasteiger partial charge >= 0.3 is 17.9 Å². The molecule has 0 unspecified atom stereocenters. The average Bonchev–Trinajstić information content (AvgIpc) is 3.30. The molecule has 0 amide bonds. The average molecular weight is 536 g/mol. The SMILES string of the molecule is [C-]#[N+]c1cccc2nc3c(cc12)Cn1c-3cc2c(c1=O)COC(=O)[C@@]2(CC)OC(=O)c1cccc(OC(C)=O)c1. The number of benzene rings is 2. The van der Waals surface area contributed by atoms with E-state index in [-0.39, 0.29) is 47.6 Å². The van der Waals surface area contributed by atoms with Crippen LogP contribution in [-0.4, -0.2) is 27.5 Å². The molecular weight excluding hydrogens is 514 g/mol. The number of hydrogen-bond donors (Lipinski definition) is 0. The molecule has 2 aliphatic heterocycles. The topological polar surface area (TPSA) is 118 Å². The van der Waals surface area contributed by atoms with Gasteiger partial charge in [-0.1, -0.05) is 31.2 Å². The molecule has 0 radical (unpaired) electrons. The maximum atomic E-state index is 13.7. The molecule has 2 aromatic carbocycles. The summed E-state index contributed by atoms with van der Waals surface area (Å²) in [5.41, 5.74) is 1.12. The number of rotatable bonds is 4. The maximum Gasteiger partial charge on any atom is 0.355 e. The van der Waals surface area contributed by atoms with Crippen molar-refractivity contribution in [2.75, 3.05) is 0 Å². The van der Waals surface area contributed by atoms with Crippen molar-refractivity contribution < 1.29 is 28.6 Å². The van der Waals surface area contributed by atoms with Gasteiger partial charge in [0.2, 0.25) is 5.60 Å². The van der Waals surface area contributed by atoms with E-state index in [4.69, 9.17) is 25.8 Å². The molecule has 10 heteroatoms. The van der Waals surface area contributed by atoms with Crippen molar-refractivity contribution in [3.05, 3.63) is 98.6 Å². The van der Waals surface area contributed by atoms with Crippen LogP contribution < -0.4 is 10.3 Å². The summed E-state index contributed by atoms with van der Waals surface area (Å²) < 4.78 is 17.9. The van der Waals surface area contributed by atoms with Crippen LogP contribution in [-0.2, 0) is 37.8 Å². The predicted octanol–water partition coefficient (Wildman–Crippen LogP) is 4.42. The van der Waals surface area contributed by atoms with E-state index in [0.717, 1.165) is 5.56 Å². The monoisotopic (exact) mass is 535 g/mol. The lowest BCUT2D eigenvalue weighted by molar-refractivity contribution is -0.173. The van der Waals surface area contributed by atoms with Crippen molar-refractivity contribution in [2.45, 2.75) is 39.0 Å². The minimum absolute atomic E-state index is 0.00345. The summed E-state index contributed by atoms with van der Waals surface area (Å²) in [6, 6.07) is 14.6. The second-order valence-electron chi connectivity index (χ2n) is 9.53. The van der Waals surface area contributed by atoms with Crippen LogP contribution in [0.15, 0.2) is 59.4 Å². The highest BCUT2D eigenvalue weighted by Crippen LogP contribution is 2.42. The van der Waals surface area contributed by atoms with Crippen LogP contribution in [0.5, 0.6) is 5.75 Å². The van der Waals surface area contributed by atoms with E-state index < -0.39 is 23.5 Å². The number of nitrogens with zero attached hydrogens (tertiary/aromatic N) is 3. The van der Waals surface area contributed by atoms with Crippen molar-refractivity contribution in [3.8, 4) is 17.1 Å². The minimum Gasteiger partial charge on any atom is -0.457 e. The number of ether oxygens (including phenoxy) is 3. The molecule has 2 aliphatic rings. The second-order valence-corrected chi connectivity index (χ2v) is 9.53. The lowest BCUT2D eigenvalue weighted by Crippen LogP contribution is -2.47. The Labute approximate surface area is 227 Å². The van der Waals surface area contributed by atoms with Gasteiger partial charge in [0, 0.05) is 17.9 Å². The van der Waals surface area contributed by atoms with E-state index in [0.29, 0.717) is 28.0 Å². The van der Waals surface area contributed by atoms with E-state index in [1.807, 2.05) is 6.07 Å². The maximum absolute atomic E-state index is 13.7. The number of hydrogen-bond acceptors (Lipinski definition) is 8. The Bertz CT molecular complexity index is 1890. The first-order valence-electron chi connectivity index (χ1n) is 12.5. The summed E-state index contributed by atoms with van der Waals surface area (Å²) in [5.74, 6) is -2.05. The molecule has 1 atom stereocenters. The molecule has 0 saturated carbocycles. The number of carbonyl (C=O) groups excluding carboxylic acids is 3. The molecule has 10 nitrogen and oxygen atoms in total. The van der Waals surface area contributed by atoms with E-state index >= 15 is 0 Å². The van der Waals surface area contributed by atoms with Crippen LogP contribution in [0.4, 0.5) is 5.69 Å². The quantitative estimate of drug-likeness (QED) is 0.189. The van der Waals surface area contributed by atoms with E-state index in [1.165, 1.54) is 31.2 Å². The van der Waals surface area contributed by atoms with E-state index in [9.17, 15) is 19.2 Å². The highest BCUT2D eigenvalue weighted by atomic mass is 16.6. The third kappa shape index (κ3) is 3.74. The Kier molecular flexibility index (Phi) is 5.73. The molecule has 0 N–H and O–H groups in total. The molecule has 6 rings (SSSR count). The van der Waals surface area contributed by atoms with Gasteiger partial charge in [0.1, 0.15) is 12.4 Å². The Morgan fingerprint density at radius 3 is 2.70 bits per heavy atom. The second kappa shape index (κ2) is 9.17. The van der Waals surface area contributed by atoms with Gasteiger partial charge in [0.05, 0.1) is 41.1 Å². The number of carbonyl (C=O) groups is 3. The Morgan fingerprint density at radius 2 is 1.95 bits per heavy atom. The van der Waals surface area contributed by atoms with Crippen molar-refractivity contribution in [1.82, 2.24) is 9.55 Å². The van der Waals surface area contributed by atoms with Gasteiger partial charge in [0.15, 0.2) is 5.69 Å². The zero-order valence-corrected chi connectivity index (χ0v) is 21.5. The van der Waals surface area contributed by atoms with Gasteiger partial charge in [0.25, 0.3) is 5.56 Å². The predicted molar refractivity (Wildman–Crippen MR) is 142 cm³/mol. The molecule has 2 aromatic heterocycles. The lowest BCUT2D eigenvalue weighted by atomic mass is 9.85. The molecule has 0 aliphatic carbocycles. The smallest absolute Gasteiger partial charge is 0.355 e. The van der Waals surface area contributed by atoms with Crippen LogP contribution in [0.2, 0.25) is 0 Å². The number of aromatic nitrogens is 2. The molecule has 0 saturated heterocycles. The number of cyclic esters (lactones) is 1. The van der Waals surface area contributed by atoms with Crippen LogP contribution in [0, 0.1) is 6.57 Å². The molecular formula is C30H21N3O7. The van der Waals surface area contributed by atoms with Crippen molar-refractivity contribution in [2.24, 2.45) is 0 Å². The first-order chi connectivity index (χ1) is 19.3.